The normalized spacial score (nSPS) is 12.7. The lowest BCUT2D eigenvalue weighted by Crippen LogP contribution is -2.46. The molecule has 0 spiro atoms. The molecule has 0 fully saturated rings. The molecule has 1 aromatic rings. The lowest BCUT2D eigenvalue weighted by Gasteiger charge is -2.29. The Morgan fingerprint density at radius 3 is 2.29 bits per heavy atom. The van der Waals surface area contributed by atoms with Gasteiger partial charge in [-0.2, -0.15) is 0 Å². The van der Waals surface area contributed by atoms with E-state index in [1.807, 2.05) is 24.3 Å². The number of aliphatic hydroxyl groups is 1. The van der Waals surface area contributed by atoms with E-state index in [-0.39, 0.29) is 24.3 Å². The fourth-order valence-corrected chi connectivity index (χ4v) is 1.84. The summed E-state index contributed by atoms with van der Waals surface area (Å²) in [5.74, 6) is -0.524. The van der Waals surface area contributed by atoms with Crippen LogP contribution in [-0.4, -0.2) is 34.6 Å². The number of halogens is 4. The third-order valence-electron chi connectivity index (χ3n) is 2.42. The second-order valence-corrected chi connectivity index (χ2v) is 6.04. The van der Waals surface area contributed by atoms with E-state index in [9.17, 15) is 14.7 Å². The highest BCUT2D eigenvalue weighted by molar-refractivity contribution is 9.10. The number of amides is 1. The quantitative estimate of drug-likeness (QED) is 0.570. The van der Waals surface area contributed by atoms with Crippen molar-refractivity contribution in [2.24, 2.45) is 0 Å². The number of hydrogen-bond acceptors (Lipinski definition) is 3. The molecule has 0 aliphatic carbocycles. The number of carbonyl (C=O) groups is 2. The maximum atomic E-state index is 11.3. The number of nitrogens with one attached hydrogen (secondary N) is 1. The monoisotopic (exact) mass is 417 g/mol. The Hall–Kier alpha value is -0.330. The summed E-state index contributed by atoms with van der Waals surface area (Å²) < 4.78 is 0.893. The highest BCUT2D eigenvalue weighted by atomic mass is 79.9. The largest absolute Gasteiger partial charge is 0.394 e. The van der Waals surface area contributed by atoms with Crippen molar-refractivity contribution < 1.29 is 14.7 Å². The molecule has 0 aromatic heterocycles. The molecule has 118 valence electrons. The van der Waals surface area contributed by atoms with Gasteiger partial charge < -0.3 is 10.4 Å². The van der Waals surface area contributed by atoms with Crippen molar-refractivity contribution in [1.29, 1.82) is 0 Å². The molecule has 1 unspecified atom stereocenters. The number of hydrogen-bond donors (Lipinski definition) is 2. The van der Waals surface area contributed by atoms with E-state index in [1.165, 1.54) is 0 Å². The standard InChI is InChI=1S/C11H13BrClNO2.C2H2Cl2O/c1-11(7-15,14-10(16)6-13)8-3-2-4-9(12)5-8;3-1-2(4)5/h2-5,15H,6-7H2,1H3,(H,14,16);1H2. The molecule has 0 aliphatic heterocycles. The predicted molar refractivity (Wildman–Crippen MR) is 89.0 cm³/mol. The number of carbonyl (C=O) groups excluding carboxylic acids is 2. The van der Waals surface area contributed by atoms with Crippen LogP contribution in [-0.2, 0) is 15.1 Å². The maximum Gasteiger partial charge on any atom is 0.236 e. The Morgan fingerprint density at radius 1 is 1.33 bits per heavy atom. The van der Waals surface area contributed by atoms with Gasteiger partial charge in [0.05, 0.1) is 18.0 Å². The summed E-state index contributed by atoms with van der Waals surface area (Å²) in [6, 6.07) is 7.42. The number of benzene rings is 1. The van der Waals surface area contributed by atoms with Crippen molar-refractivity contribution in [2.45, 2.75) is 12.5 Å². The van der Waals surface area contributed by atoms with Crippen molar-refractivity contribution >= 4 is 61.9 Å². The molecule has 8 heteroatoms. The van der Waals surface area contributed by atoms with Crippen LogP contribution >= 0.6 is 50.7 Å². The molecular formula is C13H15BrCl3NO3. The lowest BCUT2D eigenvalue weighted by molar-refractivity contribution is -0.121. The van der Waals surface area contributed by atoms with Crippen molar-refractivity contribution in [2.75, 3.05) is 18.4 Å². The molecule has 0 saturated carbocycles. The summed E-state index contributed by atoms with van der Waals surface area (Å²) in [6.45, 7) is 1.56. The van der Waals surface area contributed by atoms with Crippen LogP contribution in [0.5, 0.6) is 0 Å². The molecule has 1 atom stereocenters. The van der Waals surface area contributed by atoms with E-state index < -0.39 is 10.8 Å². The Morgan fingerprint density at radius 2 is 1.90 bits per heavy atom. The van der Waals surface area contributed by atoms with Crippen LogP contribution in [0.2, 0.25) is 0 Å². The Labute approximate surface area is 146 Å². The SMILES string of the molecule is CC(CO)(NC(=O)CCl)c1cccc(Br)c1.O=C(Cl)CCl. The first-order valence-electron chi connectivity index (χ1n) is 5.77. The second-order valence-electron chi connectivity index (χ2n) is 4.17. The molecule has 0 aliphatic rings. The summed E-state index contributed by atoms with van der Waals surface area (Å²) in [4.78, 5) is 20.7. The Kier molecular flexibility index (Phi) is 10.2. The van der Waals surface area contributed by atoms with E-state index >= 15 is 0 Å². The zero-order chi connectivity index (χ0) is 16.5. The number of alkyl halides is 2. The minimum Gasteiger partial charge on any atom is -0.394 e. The van der Waals surface area contributed by atoms with Crippen molar-refractivity contribution in [1.82, 2.24) is 5.32 Å². The van der Waals surface area contributed by atoms with Gasteiger partial charge in [-0.1, -0.05) is 28.1 Å². The smallest absolute Gasteiger partial charge is 0.236 e. The summed E-state index contributed by atoms with van der Waals surface area (Å²) in [6.07, 6.45) is 0. The van der Waals surface area contributed by atoms with E-state index in [1.54, 1.807) is 6.92 Å². The lowest BCUT2D eigenvalue weighted by atomic mass is 9.93. The van der Waals surface area contributed by atoms with Gasteiger partial charge in [-0.15, -0.1) is 23.2 Å². The summed E-state index contributed by atoms with van der Waals surface area (Å²) in [7, 11) is 0. The first kappa shape index (κ1) is 20.7. The molecule has 0 saturated heterocycles. The van der Waals surface area contributed by atoms with Crippen LogP contribution in [0.1, 0.15) is 12.5 Å². The van der Waals surface area contributed by atoms with Crippen molar-refractivity contribution in [3.8, 4) is 0 Å². The van der Waals surface area contributed by atoms with Crippen LogP contribution in [0.15, 0.2) is 28.7 Å². The van der Waals surface area contributed by atoms with E-state index in [0.29, 0.717) is 0 Å². The summed E-state index contributed by atoms with van der Waals surface area (Å²) in [5.41, 5.74) is 0.0123. The van der Waals surface area contributed by atoms with Crippen LogP contribution in [0.4, 0.5) is 0 Å². The minimum absolute atomic E-state index is 0.0957. The van der Waals surface area contributed by atoms with Crippen LogP contribution in [0.3, 0.4) is 0 Å². The molecule has 2 N–H and O–H groups in total. The second kappa shape index (κ2) is 10.4. The molecule has 0 bridgehead atoms. The van der Waals surface area contributed by atoms with Gasteiger partial charge in [-0.25, -0.2) is 0 Å². The minimum atomic E-state index is -0.810. The van der Waals surface area contributed by atoms with Gasteiger partial charge in [0.25, 0.3) is 0 Å². The van der Waals surface area contributed by atoms with E-state index in [4.69, 9.17) is 34.8 Å². The molecule has 1 rings (SSSR count). The third kappa shape index (κ3) is 8.02. The maximum absolute atomic E-state index is 11.3. The molecule has 1 amide bonds. The van der Waals surface area contributed by atoms with Crippen LogP contribution in [0.25, 0.3) is 0 Å². The fourth-order valence-electron chi connectivity index (χ4n) is 1.38. The molecule has 21 heavy (non-hydrogen) atoms. The van der Waals surface area contributed by atoms with Gasteiger partial charge in [0.1, 0.15) is 5.88 Å². The van der Waals surface area contributed by atoms with Crippen LogP contribution < -0.4 is 5.32 Å². The van der Waals surface area contributed by atoms with E-state index in [2.05, 4.69) is 21.2 Å². The number of aliphatic hydroxyl groups excluding tert-OH is 1. The molecule has 0 radical (unpaired) electrons. The topological polar surface area (TPSA) is 66.4 Å². The van der Waals surface area contributed by atoms with Crippen molar-refractivity contribution in [3.63, 3.8) is 0 Å². The van der Waals surface area contributed by atoms with Crippen LogP contribution in [0, 0.1) is 0 Å². The Bertz CT molecular complexity index is 487. The van der Waals surface area contributed by atoms with Gasteiger partial charge in [0, 0.05) is 4.47 Å². The van der Waals surface area contributed by atoms with Gasteiger partial charge in [0.2, 0.25) is 11.1 Å². The average molecular weight is 420 g/mol. The van der Waals surface area contributed by atoms with Gasteiger partial charge in [-0.3, -0.25) is 9.59 Å². The van der Waals surface area contributed by atoms with E-state index in [0.717, 1.165) is 10.0 Å². The first-order valence-corrected chi connectivity index (χ1v) is 8.01. The molecule has 0 heterocycles. The third-order valence-corrected chi connectivity index (χ3v) is 3.67. The number of rotatable bonds is 5. The van der Waals surface area contributed by atoms with Gasteiger partial charge in [0.15, 0.2) is 0 Å². The Balaban J connectivity index is 0.000000690. The summed E-state index contributed by atoms with van der Waals surface area (Å²) in [5, 5.41) is 11.6. The molecule has 1 aromatic carbocycles. The molecular weight excluding hydrogens is 404 g/mol. The summed E-state index contributed by atoms with van der Waals surface area (Å²) >= 11 is 18.3. The average Bonchev–Trinajstić information content (AvgIpc) is 2.47. The zero-order valence-corrected chi connectivity index (χ0v) is 15.1. The fraction of sp³-hybridized carbons (Fsp3) is 0.385. The molecule has 4 nitrogen and oxygen atoms in total. The highest BCUT2D eigenvalue weighted by Gasteiger charge is 2.27. The van der Waals surface area contributed by atoms with Gasteiger partial charge >= 0.3 is 0 Å². The zero-order valence-electron chi connectivity index (χ0n) is 11.2. The first-order chi connectivity index (χ1) is 9.78. The van der Waals surface area contributed by atoms with Crippen molar-refractivity contribution in [3.05, 3.63) is 34.3 Å². The highest BCUT2D eigenvalue weighted by Crippen LogP contribution is 2.23. The predicted octanol–water partition coefficient (Wildman–Crippen LogP) is 3.00. The van der Waals surface area contributed by atoms with Gasteiger partial charge in [-0.05, 0) is 36.2 Å².